The van der Waals surface area contributed by atoms with Crippen LogP contribution in [-0.4, -0.2) is 25.7 Å². The first kappa shape index (κ1) is 11.7. The van der Waals surface area contributed by atoms with Gasteiger partial charge in [-0.1, -0.05) is 18.2 Å². The van der Waals surface area contributed by atoms with Gasteiger partial charge in [-0.3, -0.25) is 4.79 Å². The Labute approximate surface area is 108 Å². The number of amides is 1. The Kier molecular flexibility index (Phi) is 3.33. The molecule has 1 N–H and O–H groups in total. The van der Waals surface area contributed by atoms with Crippen LogP contribution in [0.5, 0.6) is 0 Å². The van der Waals surface area contributed by atoms with Crippen LogP contribution in [0.1, 0.15) is 25.7 Å². The fourth-order valence-corrected chi connectivity index (χ4v) is 2.50. The molecule has 0 saturated heterocycles. The second-order valence-electron chi connectivity index (χ2n) is 5.23. The van der Waals surface area contributed by atoms with Crippen LogP contribution >= 0.6 is 0 Å². The lowest BCUT2D eigenvalue weighted by Gasteiger charge is -2.19. The van der Waals surface area contributed by atoms with E-state index in [-0.39, 0.29) is 5.91 Å². The Morgan fingerprint density at radius 2 is 2.28 bits per heavy atom. The van der Waals surface area contributed by atoms with E-state index in [1.54, 1.807) is 0 Å². The fourth-order valence-electron chi connectivity index (χ4n) is 2.50. The van der Waals surface area contributed by atoms with E-state index < -0.39 is 0 Å². The first-order chi connectivity index (χ1) is 8.84. The topological polar surface area (TPSA) is 38.3 Å². The van der Waals surface area contributed by atoms with Crippen molar-refractivity contribution in [3.05, 3.63) is 34.9 Å². The summed E-state index contributed by atoms with van der Waals surface area (Å²) in [6.45, 7) is 2.27. The van der Waals surface area contributed by atoms with E-state index in [1.807, 2.05) is 0 Å². The van der Waals surface area contributed by atoms with Crippen molar-refractivity contribution in [1.82, 2.24) is 5.32 Å². The molecule has 0 unspecified atom stereocenters. The van der Waals surface area contributed by atoms with Crippen molar-refractivity contribution in [3.8, 4) is 0 Å². The van der Waals surface area contributed by atoms with Gasteiger partial charge in [0.05, 0.1) is 13.2 Å². The zero-order chi connectivity index (χ0) is 12.4. The molecule has 1 amide bonds. The van der Waals surface area contributed by atoms with E-state index in [1.165, 1.54) is 16.7 Å². The lowest BCUT2D eigenvalue weighted by Crippen LogP contribution is -2.26. The maximum atomic E-state index is 11.5. The number of ether oxygens (including phenoxy) is 1. The zero-order valence-electron chi connectivity index (χ0n) is 10.6. The second-order valence-corrected chi connectivity index (χ2v) is 5.23. The lowest BCUT2D eigenvalue weighted by atomic mass is 9.98. The number of nitrogens with one attached hydrogen (secondary N) is 1. The Bertz CT molecular complexity index is 441. The predicted octanol–water partition coefficient (Wildman–Crippen LogP) is 2.12. The molecule has 0 aromatic carbocycles. The number of fused-ring (bicyclic) bond motifs is 1. The van der Waals surface area contributed by atoms with Gasteiger partial charge in [-0.05, 0) is 42.4 Å². The molecule has 2 aliphatic carbocycles. The molecule has 0 spiro atoms. The van der Waals surface area contributed by atoms with Gasteiger partial charge in [-0.25, -0.2) is 0 Å². The van der Waals surface area contributed by atoms with Gasteiger partial charge in [-0.2, -0.15) is 0 Å². The van der Waals surface area contributed by atoms with Crippen LogP contribution in [0.25, 0.3) is 0 Å². The van der Waals surface area contributed by atoms with Crippen LogP contribution in [0.3, 0.4) is 0 Å². The minimum Gasteiger partial charge on any atom is -0.372 e. The molecule has 0 aromatic heterocycles. The van der Waals surface area contributed by atoms with Crippen molar-refractivity contribution in [2.45, 2.75) is 25.7 Å². The molecule has 3 aliphatic rings. The number of carbonyl (C=O) groups is 1. The van der Waals surface area contributed by atoms with Gasteiger partial charge in [0, 0.05) is 12.5 Å². The van der Waals surface area contributed by atoms with Gasteiger partial charge in [0.2, 0.25) is 5.91 Å². The Morgan fingerprint density at radius 1 is 1.39 bits per heavy atom. The number of allylic oxidation sites excluding steroid dienone is 3. The maximum absolute atomic E-state index is 11.5. The molecule has 3 heteroatoms. The first-order valence-electron chi connectivity index (χ1n) is 6.79. The van der Waals surface area contributed by atoms with Crippen molar-refractivity contribution in [3.63, 3.8) is 0 Å². The van der Waals surface area contributed by atoms with Gasteiger partial charge >= 0.3 is 0 Å². The average Bonchev–Trinajstić information content (AvgIpc) is 3.12. The molecular weight excluding hydrogens is 226 g/mol. The van der Waals surface area contributed by atoms with Gasteiger partial charge in [0.15, 0.2) is 0 Å². The van der Waals surface area contributed by atoms with E-state index in [0.29, 0.717) is 5.92 Å². The predicted molar refractivity (Wildman–Crippen MR) is 70.0 cm³/mol. The summed E-state index contributed by atoms with van der Waals surface area (Å²) < 4.78 is 5.57. The minimum absolute atomic E-state index is 0.244. The van der Waals surface area contributed by atoms with Crippen LogP contribution in [0.15, 0.2) is 34.9 Å². The van der Waals surface area contributed by atoms with Crippen molar-refractivity contribution in [1.29, 1.82) is 0 Å². The average molecular weight is 245 g/mol. The van der Waals surface area contributed by atoms with E-state index >= 15 is 0 Å². The monoisotopic (exact) mass is 245 g/mol. The SMILES string of the molecule is O=C(NCCCC1=C2C=CC=C2COC1)C1CC1. The summed E-state index contributed by atoms with van der Waals surface area (Å²) in [5.74, 6) is 0.561. The molecule has 1 fully saturated rings. The van der Waals surface area contributed by atoms with E-state index in [0.717, 1.165) is 45.4 Å². The Balaban J connectivity index is 1.46. The molecule has 1 aliphatic heterocycles. The van der Waals surface area contributed by atoms with Gasteiger partial charge in [-0.15, -0.1) is 0 Å². The van der Waals surface area contributed by atoms with Crippen molar-refractivity contribution in [2.75, 3.05) is 19.8 Å². The molecule has 1 saturated carbocycles. The highest BCUT2D eigenvalue weighted by Gasteiger charge is 2.29. The summed E-state index contributed by atoms with van der Waals surface area (Å²) in [5, 5.41) is 3.01. The van der Waals surface area contributed by atoms with Crippen LogP contribution in [-0.2, 0) is 9.53 Å². The molecule has 0 bridgehead atoms. The summed E-state index contributed by atoms with van der Waals surface area (Å²) in [6, 6.07) is 0. The summed E-state index contributed by atoms with van der Waals surface area (Å²) in [7, 11) is 0. The quantitative estimate of drug-likeness (QED) is 0.753. The van der Waals surface area contributed by atoms with Crippen molar-refractivity contribution >= 4 is 5.91 Å². The number of hydrogen-bond donors (Lipinski definition) is 1. The molecule has 0 aromatic rings. The van der Waals surface area contributed by atoms with Gasteiger partial charge in [0.25, 0.3) is 0 Å². The van der Waals surface area contributed by atoms with E-state index in [9.17, 15) is 4.79 Å². The Hall–Kier alpha value is -1.35. The summed E-state index contributed by atoms with van der Waals surface area (Å²) >= 11 is 0. The number of carbonyl (C=O) groups excluding carboxylic acids is 1. The Morgan fingerprint density at radius 3 is 3.11 bits per heavy atom. The maximum Gasteiger partial charge on any atom is 0.223 e. The molecule has 1 heterocycles. The third-order valence-electron chi connectivity index (χ3n) is 3.72. The largest absolute Gasteiger partial charge is 0.372 e. The summed E-state index contributed by atoms with van der Waals surface area (Å²) in [4.78, 5) is 11.5. The third kappa shape index (κ3) is 2.56. The normalized spacial score (nSPS) is 21.9. The zero-order valence-corrected chi connectivity index (χ0v) is 10.6. The lowest BCUT2D eigenvalue weighted by molar-refractivity contribution is -0.122. The molecule has 96 valence electrons. The molecule has 3 rings (SSSR count). The van der Waals surface area contributed by atoms with E-state index in [2.05, 4.69) is 23.5 Å². The molecule has 3 nitrogen and oxygen atoms in total. The van der Waals surface area contributed by atoms with Crippen LogP contribution in [0.2, 0.25) is 0 Å². The molecule has 0 atom stereocenters. The standard InChI is InChI=1S/C15H19NO2/c17-15(11-6-7-11)16-8-2-4-13-10-18-9-12-3-1-5-14(12)13/h1,3,5,11H,2,4,6-10H2,(H,16,17). The number of rotatable bonds is 5. The van der Waals surface area contributed by atoms with E-state index in [4.69, 9.17) is 4.74 Å². The van der Waals surface area contributed by atoms with Crippen molar-refractivity contribution in [2.24, 2.45) is 5.92 Å². The third-order valence-corrected chi connectivity index (χ3v) is 3.72. The van der Waals surface area contributed by atoms with Gasteiger partial charge < -0.3 is 10.1 Å². The fraction of sp³-hybridized carbons (Fsp3) is 0.533. The molecule has 18 heavy (non-hydrogen) atoms. The first-order valence-corrected chi connectivity index (χ1v) is 6.79. The minimum atomic E-state index is 0.244. The summed E-state index contributed by atoms with van der Waals surface area (Å²) in [5.41, 5.74) is 4.05. The molecular formula is C15H19NO2. The van der Waals surface area contributed by atoms with Crippen molar-refractivity contribution < 1.29 is 9.53 Å². The smallest absolute Gasteiger partial charge is 0.223 e. The van der Waals surface area contributed by atoms with Crippen LogP contribution in [0.4, 0.5) is 0 Å². The van der Waals surface area contributed by atoms with Crippen LogP contribution in [0, 0.1) is 5.92 Å². The highest BCUT2D eigenvalue weighted by Crippen LogP contribution is 2.30. The van der Waals surface area contributed by atoms with Gasteiger partial charge in [0.1, 0.15) is 0 Å². The highest BCUT2D eigenvalue weighted by atomic mass is 16.5. The highest BCUT2D eigenvalue weighted by molar-refractivity contribution is 5.80. The molecule has 0 radical (unpaired) electrons. The second kappa shape index (κ2) is 5.11. The van der Waals surface area contributed by atoms with Crippen LogP contribution < -0.4 is 5.32 Å². The summed E-state index contributed by atoms with van der Waals surface area (Å²) in [6.07, 6.45) is 10.6. The number of hydrogen-bond acceptors (Lipinski definition) is 2.